The Morgan fingerprint density at radius 1 is 1.11 bits per heavy atom. The Balaban J connectivity index is 1.92. The Kier molecular flexibility index (Phi) is 7.36. The molecular weight excluding hydrogens is 382 g/mol. The largest absolute Gasteiger partial charge is 0.459 e. The van der Waals surface area contributed by atoms with Gasteiger partial charge in [0.05, 0.1) is 11.2 Å². The van der Waals surface area contributed by atoms with Crippen molar-refractivity contribution < 1.29 is 22.4 Å². The van der Waals surface area contributed by atoms with Crippen LogP contribution in [-0.2, 0) is 21.4 Å². The first-order valence-electron chi connectivity index (χ1n) is 9.00. The lowest BCUT2D eigenvalue weighted by Crippen LogP contribution is -2.44. The van der Waals surface area contributed by atoms with Crippen molar-refractivity contribution in [2.45, 2.75) is 38.3 Å². The third-order valence-electron chi connectivity index (χ3n) is 4.22. The number of hydrogen-bond donors (Lipinski definition) is 2. The molecule has 0 saturated carbocycles. The van der Waals surface area contributed by atoms with E-state index in [1.54, 1.807) is 39.0 Å². The lowest BCUT2D eigenvalue weighted by Gasteiger charge is -2.18. The van der Waals surface area contributed by atoms with Crippen molar-refractivity contribution in [3.63, 3.8) is 0 Å². The summed E-state index contributed by atoms with van der Waals surface area (Å²) in [5.74, 6) is -0.706. The zero-order valence-electron chi connectivity index (χ0n) is 16.1. The fraction of sp³-hybridized carbons (Fsp3) is 0.368. The summed E-state index contributed by atoms with van der Waals surface area (Å²) in [6.45, 7) is 6.16. The fourth-order valence-corrected chi connectivity index (χ4v) is 4.03. The van der Waals surface area contributed by atoms with Crippen LogP contribution in [0.3, 0.4) is 0 Å². The molecule has 0 spiro atoms. The van der Waals surface area contributed by atoms with Gasteiger partial charge in [-0.05, 0) is 36.8 Å². The molecule has 0 bridgehead atoms. The number of nitrogens with zero attached hydrogens (tertiary/aromatic N) is 1. The Hall–Kier alpha value is -2.65. The molecule has 0 unspecified atom stereocenters. The van der Waals surface area contributed by atoms with Crippen LogP contribution in [0.5, 0.6) is 0 Å². The molecule has 152 valence electrons. The van der Waals surface area contributed by atoms with Gasteiger partial charge in [0.2, 0.25) is 15.9 Å². The molecule has 1 aromatic heterocycles. The highest BCUT2D eigenvalue weighted by molar-refractivity contribution is 7.89. The van der Waals surface area contributed by atoms with Gasteiger partial charge in [-0.25, -0.2) is 8.42 Å². The summed E-state index contributed by atoms with van der Waals surface area (Å²) in [7, 11) is -3.51. The van der Waals surface area contributed by atoms with E-state index in [1.807, 2.05) is 0 Å². The summed E-state index contributed by atoms with van der Waals surface area (Å²) in [5.41, 5.74) is 0.747. The molecule has 0 aliphatic rings. The first kappa shape index (κ1) is 21.6. The maximum atomic E-state index is 12.5. The third kappa shape index (κ3) is 5.20. The van der Waals surface area contributed by atoms with Gasteiger partial charge in [0, 0.05) is 19.6 Å². The Morgan fingerprint density at radius 3 is 2.29 bits per heavy atom. The Morgan fingerprint density at radius 2 is 1.75 bits per heavy atom. The average molecular weight is 407 g/mol. The highest BCUT2D eigenvalue weighted by Gasteiger charge is 2.21. The number of nitrogens with one attached hydrogen (secondary N) is 2. The van der Waals surface area contributed by atoms with Gasteiger partial charge in [0.25, 0.3) is 5.91 Å². The van der Waals surface area contributed by atoms with E-state index in [4.69, 9.17) is 4.42 Å². The number of furan rings is 1. The van der Waals surface area contributed by atoms with Crippen LogP contribution >= 0.6 is 0 Å². The fourth-order valence-electron chi connectivity index (χ4n) is 2.58. The second-order valence-corrected chi connectivity index (χ2v) is 8.06. The summed E-state index contributed by atoms with van der Waals surface area (Å²) in [6, 6.07) is 8.71. The molecule has 0 aliphatic heterocycles. The van der Waals surface area contributed by atoms with E-state index in [2.05, 4.69) is 10.6 Å². The number of carbonyl (C=O) groups excluding carboxylic acids is 2. The standard InChI is InChI=1S/C19H25N3O5S/c1-4-22(5-2)28(25,26)16-10-8-15(9-11-16)13-20-18(23)14(3)21-19(24)17-7-6-12-27-17/h6-12,14H,4-5,13H2,1-3H3,(H,20,23)(H,21,24)/t14-/m0/s1. The number of carbonyl (C=O) groups is 2. The van der Waals surface area contributed by atoms with Gasteiger partial charge in [0.1, 0.15) is 6.04 Å². The van der Waals surface area contributed by atoms with Crippen LogP contribution in [0.25, 0.3) is 0 Å². The molecule has 2 rings (SSSR count). The van der Waals surface area contributed by atoms with Crippen LogP contribution in [0.1, 0.15) is 36.9 Å². The number of hydrogen-bond acceptors (Lipinski definition) is 5. The van der Waals surface area contributed by atoms with Crippen molar-refractivity contribution in [3.8, 4) is 0 Å². The van der Waals surface area contributed by atoms with Crippen LogP contribution in [0, 0.1) is 0 Å². The molecule has 0 radical (unpaired) electrons. The van der Waals surface area contributed by atoms with Crippen molar-refractivity contribution in [2.75, 3.05) is 13.1 Å². The minimum Gasteiger partial charge on any atom is -0.459 e. The SMILES string of the molecule is CCN(CC)S(=O)(=O)c1ccc(CNC(=O)[C@H](C)NC(=O)c2ccco2)cc1. The number of rotatable bonds is 9. The molecule has 2 N–H and O–H groups in total. The van der Waals surface area contributed by atoms with E-state index >= 15 is 0 Å². The summed E-state index contributed by atoms with van der Waals surface area (Å²) in [6.07, 6.45) is 1.38. The van der Waals surface area contributed by atoms with Gasteiger partial charge >= 0.3 is 0 Å². The molecule has 28 heavy (non-hydrogen) atoms. The monoisotopic (exact) mass is 407 g/mol. The third-order valence-corrected chi connectivity index (χ3v) is 6.28. The van der Waals surface area contributed by atoms with Crippen molar-refractivity contribution in [1.82, 2.24) is 14.9 Å². The van der Waals surface area contributed by atoms with Gasteiger partial charge in [-0.15, -0.1) is 0 Å². The van der Waals surface area contributed by atoms with Gasteiger partial charge < -0.3 is 15.1 Å². The molecule has 2 aromatic rings. The van der Waals surface area contributed by atoms with Crippen LogP contribution in [-0.4, -0.2) is 43.7 Å². The highest BCUT2D eigenvalue weighted by Crippen LogP contribution is 2.16. The topological polar surface area (TPSA) is 109 Å². The quantitative estimate of drug-likeness (QED) is 0.658. The van der Waals surface area contributed by atoms with Gasteiger partial charge in [-0.2, -0.15) is 4.31 Å². The van der Waals surface area contributed by atoms with Crippen molar-refractivity contribution in [3.05, 3.63) is 54.0 Å². The van der Waals surface area contributed by atoms with E-state index in [1.165, 1.54) is 28.8 Å². The Bertz CT molecular complexity index is 888. The number of benzene rings is 1. The van der Waals surface area contributed by atoms with Crippen LogP contribution in [0.15, 0.2) is 52.0 Å². The molecule has 1 atom stereocenters. The second-order valence-electron chi connectivity index (χ2n) is 6.12. The summed E-state index contributed by atoms with van der Waals surface area (Å²) in [5, 5.41) is 5.25. The lowest BCUT2D eigenvalue weighted by atomic mass is 10.2. The maximum absolute atomic E-state index is 12.5. The van der Waals surface area contributed by atoms with E-state index in [0.29, 0.717) is 13.1 Å². The van der Waals surface area contributed by atoms with Crippen molar-refractivity contribution >= 4 is 21.8 Å². The first-order valence-corrected chi connectivity index (χ1v) is 10.4. The molecule has 0 fully saturated rings. The molecule has 2 amide bonds. The summed E-state index contributed by atoms with van der Waals surface area (Å²) >= 11 is 0. The van der Waals surface area contributed by atoms with E-state index in [0.717, 1.165) is 5.56 Å². The molecule has 0 aliphatic carbocycles. The van der Waals surface area contributed by atoms with Crippen LogP contribution in [0.4, 0.5) is 0 Å². The Labute approximate surface area is 165 Å². The highest BCUT2D eigenvalue weighted by atomic mass is 32.2. The zero-order valence-corrected chi connectivity index (χ0v) is 17.0. The van der Waals surface area contributed by atoms with Crippen LogP contribution < -0.4 is 10.6 Å². The van der Waals surface area contributed by atoms with Gasteiger partial charge in [0.15, 0.2) is 5.76 Å². The average Bonchev–Trinajstić information content (AvgIpc) is 3.22. The predicted octanol–water partition coefficient (Wildman–Crippen LogP) is 1.74. The molecule has 9 heteroatoms. The lowest BCUT2D eigenvalue weighted by molar-refractivity contribution is -0.122. The van der Waals surface area contributed by atoms with Crippen LogP contribution in [0.2, 0.25) is 0 Å². The van der Waals surface area contributed by atoms with E-state index < -0.39 is 22.0 Å². The molecule has 1 heterocycles. The smallest absolute Gasteiger partial charge is 0.287 e. The second kappa shape index (κ2) is 9.52. The minimum absolute atomic E-state index is 0.129. The van der Waals surface area contributed by atoms with Gasteiger partial charge in [-0.3, -0.25) is 9.59 Å². The number of amides is 2. The van der Waals surface area contributed by atoms with E-state index in [9.17, 15) is 18.0 Å². The molecular formula is C19H25N3O5S. The normalized spacial score (nSPS) is 12.6. The van der Waals surface area contributed by atoms with Crippen molar-refractivity contribution in [1.29, 1.82) is 0 Å². The van der Waals surface area contributed by atoms with Gasteiger partial charge in [-0.1, -0.05) is 26.0 Å². The molecule has 0 saturated heterocycles. The minimum atomic E-state index is -3.51. The maximum Gasteiger partial charge on any atom is 0.287 e. The molecule has 8 nitrogen and oxygen atoms in total. The summed E-state index contributed by atoms with van der Waals surface area (Å²) in [4.78, 5) is 24.3. The molecule has 1 aromatic carbocycles. The predicted molar refractivity (Wildman–Crippen MR) is 104 cm³/mol. The number of sulfonamides is 1. The first-order chi connectivity index (χ1) is 13.3. The summed E-state index contributed by atoms with van der Waals surface area (Å²) < 4.78 is 31.3. The zero-order chi connectivity index (χ0) is 20.7. The van der Waals surface area contributed by atoms with Crippen molar-refractivity contribution in [2.24, 2.45) is 0 Å². The van der Waals surface area contributed by atoms with E-state index in [-0.39, 0.29) is 23.1 Å².